The SMILES string of the molecule is CCOc1ccccc1N1C(=O)CSC1c1cccc(NC(=O)Cc2ccccc2)c1. The van der Waals surface area contributed by atoms with Crippen LogP contribution in [0.2, 0.25) is 0 Å². The lowest BCUT2D eigenvalue weighted by Gasteiger charge is -2.26. The number of para-hydroxylation sites is 2. The molecule has 6 heteroatoms. The maximum Gasteiger partial charge on any atom is 0.238 e. The van der Waals surface area contributed by atoms with Crippen LogP contribution in [-0.2, 0) is 16.0 Å². The summed E-state index contributed by atoms with van der Waals surface area (Å²) in [4.78, 5) is 27.0. The number of anilines is 2. The van der Waals surface area contributed by atoms with E-state index in [1.807, 2.05) is 85.8 Å². The number of carbonyl (C=O) groups excluding carboxylic acids is 2. The molecule has 4 rings (SSSR count). The first-order valence-corrected chi connectivity index (χ1v) is 11.3. The van der Waals surface area contributed by atoms with Crippen LogP contribution in [0, 0.1) is 0 Å². The van der Waals surface area contributed by atoms with Gasteiger partial charge in [-0.15, -0.1) is 11.8 Å². The lowest BCUT2D eigenvalue weighted by molar-refractivity contribution is -0.116. The molecule has 3 aromatic carbocycles. The van der Waals surface area contributed by atoms with Gasteiger partial charge in [0, 0.05) is 5.69 Å². The van der Waals surface area contributed by atoms with Crippen molar-refractivity contribution in [3.63, 3.8) is 0 Å². The molecule has 1 heterocycles. The van der Waals surface area contributed by atoms with E-state index in [4.69, 9.17) is 4.74 Å². The van der Waals surface area contributed by atoms with E-state index in [0.29, 0.717) is 24.5 Å². The number of hydrogen-bond donors (Lipinski definition) is 1. The predicted octanol–water partition coefficient (Wildman–Crippen LogP) is 5.05. The van der Waals surface area contributed by atoms with Gasteiger partial charge in [0.25, 0.3) is 0 Å². The second kappa shape index (κ2) is 9.71. The van der Waals surface area contributed by atoms with Crippen molar-refractivity contribution in [2.45, 2.75) is 18.7 Å². The average Bonchev–Trinajstić information content (AvgIpc) is 3.16. The number of carbonyl (C=O) groups is 2. The zero-order chi connectivity index (χ0) is 21.6. The summed E-state index contributed by atoms with van der Waals surface area (Å²) in [7, 11) is 0. The monoisotopic (exact) mass is 432 g/mol. The van der Waals surface area contributed by atoms with Gasteiger partial charge < -0.3 is 10.1 Å². The van der Waals surface area contributed by atoms with E-state index in [1.165, 1.54) is 0 Å². The van der Waals surface area contributed by atoms with Gasteiger partial charge in [0.05, 0.1) is 24.5 Å². The molecule has 5 nitrogen and oxygen atoms in total. The minimum Gasteiger partial charge on any atom is -0.492 e. The Labute approximate surface area is 186 Å². The molecule has 0 bridgehead atoms. The third-order valence-electron chi connectivity index (χ3n) is 4.96. The Balaban J connectivity index is 1.55. The maximum absolute atomic E-state index is 12.8. The van der Waals surface area contributed by atoms with Gasteiger partial charge in [0.15, 0.2) is 0 Å². The molecule has 1 aliphatic heterocycles. The molecule has 3 aromatic rings. The highest BCUT2D eigenvalue weighted by molar-refractivity contribution is 8.00. The first-order chi connectivity index (χ1) is 15.2. The van der Waals surface area contributed by atoms with Crippen LogP contribution in [0.3, 0.4) is 0 Å². The molecule has 31 heavy (non-hydrogen) atoms. The van der Waals surface area contributed by atoms with Crippen LogP contribution in [-0.4, -0.2) is 24.2 Å². The minimum atomic E-state index is -0.180. The molecule has 0 aliphatic carbocycles. The Kier molecular flexibility index (Phi) is 6.57. The summed E-state index contributed by atoms with van der Waals surface area (Å²) in [5.41, 5.74) is 3.41. The Morgan fingerprint density at radius 2 is 1.84 bits per heavy atom. The van der Waals surface area contributed by atoms with Gasteiger partial charge in [-0.05, 0) is 42.3 Å². The molecule has 1 aliphatic rings. The van der Waals surface area contributed by atoms with Crippen LogP contribution in [0.1, 0.15) is 23.4 Å². The lowest BCUT2D eigenvalue weighted by Crippen LogP contribution is -2.28. The van der Waals surface area contributed by atoms with Crippen molar-refractivity contribution in [1.29, 1.82) is 0 Å². The largest absolute Gasteiger partial charge is 0.492 e. The number of benzene rings is 3. The van der Waals surface area contributed by atoms with E-state index in [-0.39, 0.29) is 17.2 Å². The zero-order valence-corrected chi connectivity index (χ0v) is 18.1. The molecule has 1 saturated heterocycles. The zero-order valence-electron chi connectivity index (χ0n) is 17.3. The first-order valence-electron chi connectivity index (χ1n) is 10.2. The molecule has 1 atom stereocenters. The van der Waals surface area contributed by atoms with Gasteiger partial charge in [-0.2, -0.15) is 0 Å². The molecule has 1 N–H and O–H groups in total. The number of ether oxygens (including phenoxy) is 1. The predicted molar refractivity (Wildman–Crippen MR) is 126 cm³/mol. The molecule has 158 valence electrons. The molecule has 0 aromatic heterocycles. The summed E-state index contributed by atoms with van der Waals surface area (Å²) in [6.07, 6.45) is 0.315. The van der Waals surface area contributed by atoms with E-state index in [1.54, 1.807) is 16.7 Å². The Bertz CT molecular complexity index is 1070. The highest BCUT2D eigenvalue weighted by atomic mass is 32.2. The molecular weight excluding hydrogens is 408 g/mol. The molecule has 0 radical (unpaired) electrons. The van der Waals surface area contributed by atoms with E-state index in [2.05, 4.69) is 5.32 Å². The smallest absolute Gasteiger partial charge is 0.238 e. The number of thioether (sulfide) groups is 1. The van der Waals surface area contributed by atoms with E-state index < -0.39 is 0 Å². The van der Waals surface area contributed by atoms with Crippen LogP contribution in [0.5, 0.6) is 5.75 Å². The van der Waals surface area contributed by atoms with Gasteiger partial charge in [0.2, 0.25) is 11.8 Å². The quantitative estimate of drug-likeness (QED) is 0.568. The van der Waals surface area contributed by atoms with Crippen molar-refractivity contribution in [2.24, 2.45) is 0 Å². The summed E-state index contributed by atoms with van der Waals surface area (Å²) >= 11 is 1.57. The number of nitrogens with zero attached hydrogens (tertiary/aromatic N) is 1. The number of hydrogen-bond acceptors (Lipinski definition) is 4. The van der Waals surface area contributed by atoms with Crippen molar-refractivity contribution in [3.8, 4) is 5.75 Å². The normalized spacial score (nSPS) is 15.7. The van der Waals surface area contributed by atoms with Crippen LogP contribution >= 0.6 is 11.8 Å². The number of nitrogens with one attached hydrogen (secondary N) is 1. The first kappa shape index (κ1) is 21.0. The second-order valence-electron chi connectivity index (χ2n) is 7.16. The highest BCUT2D eigenvalue weighted by Crippen LogP contribution is 2.45. The number of amides is 2. The standard InChI is InChI=1S/C25H24N2O3S/c1-2-30-22-14-7-6-13-21(22)27-24(29)17-31-25(27)19-11-8-12-20(16-19)26-23(28)15-18-9-4-3-5-10-18/h3-14,16,25H,2,15,17H2,1H3,(H,26,28). The molecule has 0 spiro atoms. The number of rotatable bonds is 7. The molecule has 2 amide bonds. The minimum absolute atomic E-state index is 0.0423. The lowest BCUT2D eigenvalue weighted by atomic mass is 10.1. The van der Waals surface area contributed by atoms with Crippen molar-refractivity contribution < 1.29 is 14.3 Å². The summed E-state index contributed by atoms with van der Waals surface area (Å²) in [6.45, 7) is 2.45. The van der Waals surface area contributed by atoms with Crippen molar-refractivity contribution in [1.82, 2.24) is 0 Å². The van der Waals surface area contributed by atoms with Gasteiger partial charge >= 0.3 is 0 Å². The fourth-order valence-electron chi connectivity index (χ4n) is 3.62. The maximum atomic E-state index is 12.8. The van der Waals surface area contributed by atoms with E-state index in [0.717, 1.165) is 22.5 Å². The average molecular weight is 433 g/mol. The van der Waals surface area contributed by atoms with Gasteiger partial charge in [-0.1, -0.05) is 54.6 Å². The van der Waals surface area contributed by atoms with Crippen molar-refractivity contribution >= 4 is 35.0 Å². The van der Waals surface area contributed by atoms with Crippen molar-refractivity contribution in [3.05, 3.63) is 90.0 Å². The third kappa shape index (κ3) is 4.91. The fraction of sp³-hybridized carbons (Fsp3) is 0.200. The van der Waals surface area contributed by atoms with Crippen LogP contribution in [0.25, 0.3) is 0 Å². The Hall–Kier alpha value is -3.25. The van der Waals surface area contributed by atoms with Gasteiger partial charge in [0.1, 0.15) is 11.1 Å². The van der Waals surface area contributed by atoms with Gasteiger partial charge in [-0.25, -0.2) is 0 Å². The second-order valence-corrected chi connectivity index (χ2v) is 8.23. The summed E-state index contributed by atoms with van der Waals surface area (Å²) in [5.74, 6) is 1.06. The Morgan fingerprint density at radius 1 is 1.06 bits per heavy atom. The summed E-state index contributed by atoms with van der Waals surface area (Å²) in [6, 6.07) is 24.9. The fourth-order valence-corrected chi connectivity index (χ4v) is 4.78. The van der Waals surface area contributed by atoms with E-state index >= 15 is 0 Å². The summed E-state index contributed by atoms with van der Waals surface area (Å²) < 4.78 is 5.75. The highest BCUT2D eigenvalue weighted by Gasteiger charge is 2.35. The molecule has 1 fully saturated rings. The third-order valence-corrected chi connectivity index (χ3v) is 6.17. The molecule has 1 unspecified atom stereocenters. The topological polar surface area (TPSA) is 58.6 Å². The van der Waals surface area contributed by atoms with Crippen LogP contribution < -0.4 is 15.0 Å². The summed E-state index contributed by atoms with van der Waals surface area (Å²) in [5, 5.41) is 2.79. The molecule has 0 saturated carbocycles. The van der Waals surface area contributed by atoms with Gasteiger partial charge in [-0.3, -0.25) is 14.5 Å². The van der Waals surface area contributed by atoms with Crippen LogP contribution in [0.15, 0.2) is 78.9 Å². The van der Waals surface area contributed by atoms with E-state index in [9.17, 15) is 9.59 Å². The Morgan fingerprint density at radius 3 is 2.65 bits per heavy atom. The van der Waals surface area contributed by atoms with Crippen molar-refractivity contribution in [2.75, 3.05) is 22.6 Å². The van der Waals surface area contributed by atoms with Crippen LogP contribution in [0.4, 0.5) is 11.4 Å². The molecular formula is C25H24N2O3S.